The zero-order valence-electron chi connectivity index (χ0n) is 11.2. The molecule has 1 aliphatic heterocycles. The van der Waals surface area contributed by atoms with E-state index in [9.17, 15) is 13.2 Å². The first-order valence-corrected chi connectivity index (χ1v) is 6.77. The number of nitrogens with one attached hydrogen (secondary N) is 1. The Morgan fingerprint density at radius 3 is 2.55 bits per heavy atom. The van der Waals surface area contributed by atoms with Crippen LogP contribution in [0.1, 0.15) is 18.0 Å². The predicted molar refractivity (Wildman–Crippen MR) is 70.8 cm³/mol. The second kappa shape index (κ2) is 7.50. The summed E-state index contributed by atoms with van der Waals surface area (Å²) in [6.45, 7) is -0.175. The molecule has 0 amide bonds. The van der Waals surface area contributed by atoms with Crippen molar-refractivity contribution in [2.75, 3.05) is 32.9 Å². The minimum atomic E-state index is -2.87. The van der Waals surface area contributed by atoms with E-state index >= 15 is 0 Å². The predicted octanol–water partition coefficient (Wildman–Crippen LogP) is 2.59. The van der Waals surface area contributed by atoms with Gasteiger partial charge in [-0.1, -0.05) is 18.2 Å². The van der Waals surface area contributed by atoms with E-state index in [1.165, 1.54) is 6.07 Å². The molecule has 1 saturated heterocycles. The Morgan fingerprint density at radius 1 is 1.20 bits per heavy atom. The molecule has 20 heavy (non-hydrogen) atoms. The molecule has 0 unspecified atom stereocenters. The zero-order valence-corrected chi connectivity index (χ0v) is 11.2. The molecule has 0 aliphatic carbocycles. The third-order valence-electron chi connectivity index (χ3n) is 3.47. The highest BCUT2D eigenvalue weighted by atomic mass is 19.3. The first-order valence-electron chi connectivity index (χ1n) is 6.77. The summed E-state index contributed by atoms with van der Waals surface area (Å²) in [5, 5.41) is 3.22. The number of rotatable bonds is 6. The van der Waals surface area contributed by atoms with Crippen LogP contribution in [0.25, 0.3) is 0 Å². The maximum absolute atomic E-state index is 12.8. The molecular formula is C14H19F3N2O. The second-order valence-electron chi connectivity index (χ2n) is 4.70. The van der Waals surface area contributed by atoms with Gasteiger partial charge in [0.1, 0.15) is 5.75 Å². The summed E-state index contributed by atoms with van der Waals surface area (Å²) < 4.78 is 42.4. The van der Waals surface area contributed by atoms with E-state index in [-0.39, 0.29) is 18.2 Å². The van der Waals surface area contributed by atoms with Crippen LogP contribution in [0.3, 0.4) is 0 Å². The quantitative estimate of drug-likeness (QED) is 0.871. The Labute approximate surface area is 116 Å². The highest BCUT2D eigenvalue weighted by Crippen LogP contribution is 2.33. The van der Waals surface area contributed by atoms with Crippen molar-refractivity contribution >= 4 is 0 Å². The lowest BCUT2D eigenvalue weighted by molar-refractivity contribution is -0.0513. The molecule has 1 aliphatic rings. The molecule has 1 N–H and O–H groups in total. The van der Waals surface area contributed by atoms with Crippen molar-refractivity contribution in [3.8, 4) is 5.75 Å². The largest absolute Gasteiger partial charge is 0.434 e. The minimum Gasteiger partial charge on any atom is -0.434 e. The Bertz CT molecular complexity index is 411. The summed E-state index contributed by atoms with van der Waals surface area (Å²) in [6.07, 6.45) is 0.281. The molecule has 1 aromatic carbocycles. The van der Waals surface area contributed by atoms with Gasteiger partial charge in [0.15, 0.2) is 0 Å². The van der Waals surface area contributed by atoms with Crippen LogP contribution in [0, 0.1) is 0 Å². The molecule has 2 rings (SSSR count). The number of benzene rings is 1. The summed E-state index contributed by atoms with van der Waals surface area (Å²) in [6, 6.07) is 6.43. The lowest BCUT2D eigenvalue weighted by atomic mass is 10.0. The normalized spacial score (nSPS) is 18.2. The van der Waals surface area contributed by atoms with Gasteiger partial charge in [0, 0.05) is 37.8 Å². The van der Waals surface area contributed by atoms with Gasteiger partial charge in [0.05, 0.1) is 6.67 Å². The number of para-hydroxylation sites is 1. The minimum absolute atomic E-state index is 0.138. The lowest BCUT2D eigenvalue weighted by Gasteiger charge is -2.35. The van der Waals surface area contributed by atoms with E-state index in [0.717, 1.165) is 26.2 Å². The molecule has 0 radical (unpaired) electrons. The van der Waals surface area contributed by atoms with E-state index in [0.29, 0.717) is 5.56 Å². The molecule has 0 bridgehead atoms. The maximum Gasteiger partial charge on any atom is 0.387 e. The topological polar surface area (TPSA) is 24.5 Å². The van der Waals surface area contributed by atoms with Crippen molar-refractivity contribution in [1.82, 2.24) is 10.2 Å². The SMILES string of the molecule is FCC[C@@H](c1ccccc1OC(F)F)N1CCNCC1. The van der Waals surface area contributed by atoms with Crippen LogP contribution in [0.15, 0.2) is 24.3 Å². The fraction of sp³-hybridized carbons (Fsp3) is 0.571. The van der Waals surface area contributed by atoms with Crippen LogP contribution in [0.5, 0.6) is 5.75 Å². The Morgan fingerprint density at radius 2 is 1.90 bits per heavy atom. The van der Waals surface area contributed by atoms with Crippen LogP contribution in [-0.4, -0.2) is 44.4 Å². The van der Waals surface area contributed by atoms with Gasteiger partial charge in [-0.15, -0.1) is 0 Å². The van der Waals surface area contributed by atoms with Crippen LogP contribution in [0.2, 0.25) is 0 Å². The van der Waals surface area contributed by atoms with Gasteiger partial charge >= 0.3 is 6.61 Å². The molecule has 0 saturated carbocycles. The van der Waals surface area contributed by atoms with Gasteiger partial charge in [0.2, 0.25) is 0 Å². The van der Waals surface area contributed by atoms with E-state index in [1.54, 1.807) is 18.2 Å². The summed E-state index contributed by atoms with van der Waals surface area (Å²) in [7, 11) is 0. The van der Waals surface area contributed by atoms with Gasteiger partial charge in [-0.3, -0.25) is 9.29 Å². The second-order valence-corrected chi connectivity index (χ2v) is 4.70. The molecule has 1 atom stereocenters. The fourth-order valence-electron chi connectivity index (χ4n) is 2.59. The van der Waals surface area contributed by atoms with Gasteiger partial charge in [0.25, 0.3) is 0 Å². The van der Waals surface area contributed by atoms with Crippen molar-refractivity contribution in [3.05, 3.63) is 29.8 Å². The number of hydrogen-bond acceptors (Lipinski definition) is 3. The number of hydrogen-bond donors (Lipinski definition) is 1. The molecule has 112 valence electrons. The highest BCUT2D eigenvalue weighted by Gasteiger charge is 2.25. The number of ether oxygens (including phenoxy) is 1. The van der Waals surface area contributed by atoms with Gasteiger partial charge in [-0.25, -0.2) is 0 Å². The van der Waals surface area contributed by atoms with E-state index < -0.39 is 13.3 Å². The maximum atomic E-state index is 12.8. The molecule has 1 aromatic rings. The monoisotopic (exact) mass is 288 g/mol. The number of halogens is 3. The van der Waals surface area contributed by atoms with Gasteiger partial charge in [-0.2, -0.15) is 8.78 Å². The van der Waals surface area contributed by atoms with Crippen LogP contribution >= 0.6 is 0 Å². The van der Waals surface area contributed by atoms with Crippen molar-refractivity contribution in [2.45, 2.75) is 19.1 Å². The number of nitrogens with zero attached hydrogens (tertiary/aromatic N) is 1. The van der Waals surface area contributed by atoms with E-state index in [4.69, 9.17) is 0 Å². The molecule has 6 heteroatoms. The van der Waals surface area contributed by atoms with Crippen molar-refractivity contribution in [3.63, 3.8) is 0 Å². The van der Waals surface area contributed by atoms with Crippen LogP contribution < -0.4 is 10.1 Å². The standard InChI is InChI=1S/C14H19F3N2O/c15-6-5-12(19-9-7-18-8-10-19)11-3-1-2-4-13(11)20-14(16)17/h1-4,12,14,18H,5-10H2/t12-/m0/s1. The molecular weight excluding hydrogens is 269 g/mol. The molecule has 1 heterocycles. The van der Waals surface area contributed by atoms with E-state index in [1.807, 2.05) is 0 Å². The summed E-state index contributed by atoms with van der Waals surface area (Å²) in [5.74, 6) is 0.138. The summed E-state index contributed by atoms with van der Waals surface area (Å²) >= 11 is 0. The van der Waals surface area contributed by atoms with Crippen molar-refractivity contribution < 1.29 is 17.9 Å². The Balaban J connectivity index is 2.23. The molecule has 0 spiro atoms. The highest BCUT2D eigenvalue weighted by molar-refractivity contribution is 5.36. The van der Waals surface area contributed by atoms with Crippen LogP contribution in [-0.2, 0) is 0 Å². The first-order chi connectivity index (χ1) is 9.72. The van der Waals surface area contributed by atoms with E-state index in [2.05, 4.69) is 15.0 Å². The van der Waals surface area contributed by atoms with Crippen LogP contribution in [0.4, 0.5) is 13.2 Å². The third kappa shape index (κ3) is 3.86. The number of alkyl halides is 3. The summed E-state index contributed by atoms with van der Waals surface area (Å²) in [5.41, 5.74) is 0.632. The van der Waals surface area contributed by atoms with Gasteiger partial charge in [-0.05, 0) is 12.5 Å². The zero-order chi connectivity index (χ0) is 14.4. The van der Waals surface area contributed by atoms with Crippen molar-refractivity contribution in [2.24, 2.45) is 0 Å². The average molecular weight is 288 g/mol. The lowest BCUT2D eigenvalue weighted by Crippen LogP contribution is -2.45. The fourth-order valence-corrected chi connectivity index (χ4v) is 2.59. The Hall–Kier alpha value is -1.27. The Kier molecular flexibility index (Phi) is 5.67. The average Bonchev–Trinajstić information content (AvgIpc) is 2.46. The third-order valence-corrected chi connectivity index (χ3v) is 3.47. The molecule has 0 aromatic heterocycles. The first kappa shape index (κ1) is 15.1. The summed E-state index contributed by atoms with van der Waals surface area (Å²) in [4.78, 5) is 2.11. The van der Waals surface area contributed by atoms with Crippen molar-refractivity contribution in [1.29, 1.82) is 0 Å². The van der Waals surface area contributed by atoms with Gasteiger partial charge < -0.3 is 10.1 Å². The molecule has 1 fully saturated rings. The smallest absolute Gasteiger partial charge is 0.387 e. The number of piperazine rings is 1. The molecule has 3 nitrogen and oxygen atoms in total.